The molecular formula is C33H30ClFN2O7S. The summed E-state index contributed by atoms with van der Waals surface area (Å²) < 4.78 is 43.8. The van der Waals surface area contributed by atoms with Crippen molar-refractivity contribution in [1.82, 2.24) is 4.57 Å². The van der Waals surface area contributed by atoms with Crippen LogP contribution >= 0.6 is 22.9 Å². The third-order valence-corrected chi connectivity index (χ3v) is 8.17. The molecular weight excluding hydrogens is 623 g/mol. The number of benzene rings is 3. The number of thiazole rings is 1. The molecule has 9 nitrogen and oxygen atoms in total. The van der Waals surface area contributed by atoms with Crippen molar-refractivity contribution < 1.29 is 32.9 Å². The standard InChI is InChI=1S/C33H30ClFN2O7S/c1-5-42-25-12-11-20(16-26(25)43-6-2)29-22(32(39)41-4)17-36-33-37(29)31(38)28(45-33)15-19-13-23(34)30(27(14-19)40-3)44-18-21-9-7-8-10-24(21)35/h7-17,29H,5-6,18H2,1-4H3/b28-15-/t29-/m1/s1. The van der Waals surface area contributed by atoms with E-state index in [0.29, 0.717) is 56.5 Å². The first-order chi connectivity index (χ1) is 21.8. The highest BCUT2D eigenvalue weighted by Crippen LogP contribution is 2.38. The summed E-state index contributed by atoms with van der Waals surface area (Å²) in [4.78, 5) is 31.6. The maximum absolute atomic E-state index is 14.1. The van der Waals surface area contributed by atoms with E-state index in [9.17, 15) is 14.0 Å². The molecule has 0 saturated heterocycles. The molecule has 3 aromatic carbocycles. The van der Waals surface area contributed by atoms with Crippen LogP contribution in [0.15, 0.2) is 76.2 Å². The number of carbonyl (C=O) groups is 1. The van der Waals surface area contributed by atoms with E-state index in [1.54, 1.807) is 54.6 Å². The minimum Gasteiger partial charge on any atom is -0.493 e. The van der Waals surface area contributed by atoms with Crippen molar-refractivity contribution in [2.75, 3.05) is 27.4 Å². The van der Waals surface area contributed by atoms with E-state index >= 15 is 0 Å². The van der Waals surface area contributed by atoms with E-state index in [1.807, 2.05) is 13.8 Å². The first-order valence-corrected chi connectivity index (χ1v) is 15.2. The lowest BCUT2D eigenvalue weighted by molar-refractivity contribution is -0.136. The third-order valence-electron chi connectivity index (χ3n) is 6.89. The molecule has 0 saturated carbocycles. The molecule has 0 spiro atoms. The Labute approximate surface area is 267 Å². The van der Waals surface area contributed by atoms with Gasteiger partial charge < -0.3 is 23.7 Å². The number of aromatic nitrogens is 1. The van der Waals surface area contributed by atoms with Gasteiger partial charge in [-0.25, -0.2) is 14.2 Å². The molecule has 0 unspecified atom stereocenters. The second-order valence-corrected chi connectivity index (χ2v) is 11.1. The predicted molar refractivity (Wildman–Crippen MR) is 169 cm³/mol. The molecule has 5 rings (SSSR count). The number of esters is 1. The summed E-state index contributed by atoms with van der Waals surface area (Å²) in [6.07, 6.45) is 3.07. The summed E-state index contributed by atoms with van der Waals surface area (Å²) in [6.45, 7) is 4.50. The summed E-state index contributed by atoms with van der Waals surface area (Å²) >= 11 is 7.73. The Bertz CT molecular complexity index is 1950. The van der Waals surface area contributed by atoms with Crippen LogP contribution in [0, 0.1) is 5.82 Å². The molecule has 1 atom stereocenters. The number of halogens is 2. The van der Waals surface area contributed by atoms with E-state index in [0.717, 1.165) is 11.3 Å². The maximum atomic E-state index is 14.1. The van der Waals surface area contributed by atoms with Crippen LogP contribution in [0.5, 0.6) is 23.0 Å². The van der Waals surface area contributed by atoms with Gasteiger partial charge in [0.1, 0.15) is 12.4 Å². The average Bonchev–Trinajstić information content (AvgIpc) is 3.35. The van der Waals surface area contributed by atoms with Gasteiger partial charge in [0.15, 0.2) is 27.8 Å². The van der Waals surface area contributed by atoms with Gasteiger partial charge in [-0.1, -0.05) is 47.2 Å². The Hall–Kier alpha value is -4.61. The number of carbonyl (C=O) groups excluding carboxylic acids is 1. The van der Waals surface area contributed by atoms with Gasteiger partial charge in [-0.15, -0.1) is 0 Å². The molecule has 45 heavy (non-hydrogen) atoms. The zero-order chi connectivity index (χ0) is 32.1. The fraction of sp³-hybridized carbons (Fsp3) is 0.242. The second kappa shape index (κ2) is 14.0. The minimum atomic E-state index is -0.835. The molecule has 2 heterocycles. The summed E-state index contributed by atoms with van der Waals surface area (Å²) in [5.74, 6) is 0.566. The van der Waals surface area contributed by atoms with Crippen molar-refractivity contribution >= 4 is 35.0 Å². The Morgan fingerprint density at radius 3 is 2.49 bits per heavy atom. The highest BCUT2D eigenvalue weighted by atomic mass is 35.5. The van der Waals surface area contributed by atoms with Crippen LogP contribution in [0.3, 0.4) is 0 Å². The Morgan fingerprint density at radius 2 is 1.78 bits per heavy atom. The maximum Gasteiger partial charge on any atom is 0.337 e. The van der Waals surface area contributed by atoms with Crippen LogP contribution in [0.2, 0.25) is 5.02 Å². The molecule has 0 bridgehead atoms. The largest absolute Gasteiger partial charge is 0.493 e. The van der Waals surface area contributed by atoms with Gasteiger partial charge in [0, 0.05) is 11.8 Å². The summed E-state index contributed by atoms with van der Waals surface area (Å²) in [5, 5.41) is 0.216. The molecule has 234 valence electrons. The molecule has 4 aromatic rings. The van der Waals surface area contributed by atoms with Crippen molar-refractivity contribution in [1.29, 1.82) is 0 Å². The van der Waals surface area contributed by atoms with Crippen LogP contribution in [0.1, 0.15) is 36.6 Å². The Balaban J connectivity index is 1.57. The molecule has 0 amide bonds. The predicted octanol–water partition coefficient (Wildman–Crippen LogP) is 5.20. The molecule has 0 fully saturated rings. The third kappa shape index (κ3) is 6.59. The van der Waals surface area contributed by atoms with E-state index in [1.165, 1.54) is 31.1 Å². The highest BCUT2D eigenvalue weighted by molar-refractivity contribution is 7.07. The van der Waals surface area contributed by atoms with Crippen molar-refractivity contribution in [2.45, 2.75) is 26.5 Å². The summed E-state index contributed by atoms with van der Waals surface area (Å²) in [5.41, 5.74) is 1.35. The monoisotopic (exact) mass is 652 g/mol. The van der Waals surface area contributed by atoms with Crippen LogP contribution in [-0.2, 0) is 16.1 Å². The van der Waals surface area contributed by atoms with Crippen molar-refractivity contribution in [2.24, 2.45) is 4.99 Å². The lowest BCUT2D eigenvalue weighted by Crippen LogP contribution is -2.39. The van der Waals surface area contributed by atoms with Gasteiger partial charge >= 0.3 is 5.97 Å². The Kier molecular flexibility index (Phi) is 9.90. The van der Waals surface area contributed by atoms with E-state index in [2.05, 4.69) is 4.99 Å². The van der Waals surface area contributed by atoms with Gasteiger partial charge in [0.2, 0.25) is 0 Å². The molecule has 0 N–H and O–H groups in total. The number of nitrogens with zero attached hydrogens (tertiary/aromatic N) is 2. The van der Waals surface area contributed by atoms with Crippen molar-refractivity contribution in [3.63, 3.8) is 0 Å². The number of fused-ring (bicyclic) bond motifs is 1. The number of methoxy groups -OCH3 is 2. The number of ether oxygens (including phenoxy) is 5. The number of hydrogen-bond donors (Lipinski definition) is 0. The lowest BCUT2D eigenvalue weighted by Gasteiger charge is -2.23. The zero-order valence-electron chi connectivity index (χ0n) is 25.0. The minimum absolute atomic E-state index is 0.0558. The van der Waals surface area contributed by atoms with Gasteiger partial charge in [-0.2, -0.15) is 0 Å². The second-order valence-electron chi connectivity index (χ2n) is 9.66. The van der Waals surface area contributed by atoms with E-state index < -0.39 is 17.8 Å². The fourth-order valence-corrected chi connectivity index (χ4v) is 6.11. The molecule has 1 aliphatic heterocycles. The van der Waals surface area contributed by atoms with Crippen LogP contribution in [0.25, 0.3) is 6.08 Å². The quantitative estimate of drug-likeness (QED) is 0.206. The van der Waals surface area contributed by atoms with Gasteiger partial charge in [0.25, 0.3) is 5.56 Å². The zero-order valence-corrected chi connectivity index (χ0v) is 26.5. The van der Waals surface area contributed by atoms with Gasteiger partial charge in [-0.05, 0) is 61.4 Å². The average molecular weight is 653 g/mol. The molecule has 1 aromatic heterocycles. The molecule has 1 aliphatic rings. The first-order valence-electron chi connectivity index (χ1n) is 14.0. The normalized spacial score (nSPS) is 14.2. The van der Waals surface area contributed by atoms with E-state index in [-0.39, 0.29) is 28.5 Å². The molecule has 12 heteroatoms. The number of rotatable bonds is 11. The van der Waals surface area contributed by atoms with E-state index in [4.69, 9.17) is 35.3 Å². The Morgan fingerprint density at radius 1 is 1.02 bits per heavy atom. The topological polar surface area (TPSA) is 97.6 Å². The van der Waals surface area contributed by atoms with Crippen LogP contribution < -0.4 is 33.8 Å². The van der Waals surface area contributed by atoms with Gasteiger partial charge in [0.05, 0.1) is 48.6 Å². The first kappa shape index (κ1) is 31.8. The summed E-state index contributed by atoms with van der Waals surface area (Å²) in [6, 6.07) is 14.0. The molecule has 0 aliphatic carbocycles. The lowest BCUT2D eigenvalue weighted by atomic mass is 9.97. The smallest absolute Gasteiger partial charge is 0.337 e. The van der Waals surface area contributed by atoms with Gasteiger partial charge in [-0.3, -0.25) is 9.36 Å². The number of hydrogen-bond acceptors (Lipinski definition) is 9. The van der Waals surface area contributed by atoms with Crippen molar-refractivity contribution in [3.05, 3.63) is 114 Å². The molecule has 0 radical (unpaired) electrons. The van der Waals surface area contributed by atoms with Crippen LogP contribution in [-0.4, -0.2) is 38.0 Å². The fourth-order valence-electron chi connectivity index (χ4n) is 4.87. The summed E-state index contributed by atoms with van der Waals surface area (Å²) in [7, 11) is 2.73. The SMILES string of the molecule is CCOc1ccc([C@@H]2C(C(=O)OC)=CN=c3s/c(=C\c4cc(Cl)c(OCc5ccccc5F)c(OC)c4)c(=O)n32)cc1OCC. The van der Waals surface area contributed by atoms with Crippen LogP contribution in [0.4, 0.5) is 4.39 Å². The highest BCUT2D eigenvalue weighted by Gasteiger charge is 2.31. The van der Waals surface area contributed by atoms with Crippen molar-refractivity contribution in [3.8, 4) is 23.0 Å².